The quantitative estimate of drug-likeness (QED) is 0.239. The van der Waals surface area contributed by atoms with Gasteiger partial charge in [-0.25, -0.2) is 4.79 Å². The molecule has 0 radical (unpaired) electrons. The maximum absolute atomic E-state index is 13.7. The summed E-state index contributed by atoms with van der Waals surface area (Å²) in [4.78, 5) is 55.9. The van der Waals surface area contributed by atoms with E-state index in [-0.39, 0.29) is 42.5 Å². The van der Waals surface area contributed by atoms with Crippen molar-refractivity contribution in [3.05, 3.63) is 35.9 Å². The van der Waals surface area contributed by atoms with Gasteiger partial charge < -0.3 is 35.4 Å². The van der Waals surface area contributed by atoms with E-state index in [0.29, 0.717) is 19.4 Å². The van der Waals surface area contributed by atoms with Crippen molar-refractivity contribution >= 4 is 23.7 Å². The molecule has 0 bridgehead atoms. The normalized spacial score (nSPS) is 19.8. The number of aliphatic hydroxyl groups excluding tert-OH is 1. The molecule has 11 heteroatoms. The Bertz CT molecular complexity index is 1090. The number of esters is 1. The Morgan fingerprint density at radius 3 is 2.30 bits per heavy atom. The maximum Gasteiger partial charge on any atom is 0.328 e. The number of ether oxygens (including phenoxy) is 2. The van der Waals surface area contributed by atoms with Gasteiger partial charge >= 0.3 is 5.97 Å². The summed E-state index contributed by atoms with van der Waals surface area (Å²) in [5.74, 6) is -2.42. The highest BCUT2D eigenvalue weighted by atomic mass is 16.5. The first-order valence-electron chi connectivity index (χ1n) is 15.7. The molecule has 0 saturated carbocycles. The molecule has 44 heavy (non-hydrogen) atoms. The zero-order valence-corrected chi connectivity index (χ0v) is 27.7. The summed E-state index contributed by atoms with van der Waals surface area (Å²) < 4.78 is 10.7. The Balaban J connectivity index is 2.16. The van der Waals surface area contributed by atoms with E-state index in [9.17, 15) is 24.3 Å². The van der Waals surface area contributed by atoms with Crippen molar-refractivity contribution in [2.75, 3.05) is 27.8 Å². The third-order valence-corrected chi connectivity index (χ3v) is 9.11. The fourth-order valence-electron chi connectivity index (χ4n) is 5.97. The fraction of sp³-hybridized carbons (Fsp3) is 0.697. The summed E-state index contributed by atoms with van der Waals surface area (Å²) in [5.41, 5.74) is 7.04. The topological polar surface area (TPSA) is 152 Å². The van der Waals surface area contributed by atoms with Crippen LogP contribution in [0.1, 0.15) is 65.9 Å². The standard InChI is InChI=1S/C33H54N4O7/c1-9-21(4)29(36(6)32(41)28(34)20(2)3)26(43-7)19-27(38)37-17-13-16-25(37)30(39)22(5)31(40)35-24(33(42)44-8)18-23-14-11-10-12-15-23/h10-12,14-15,20-22,24-26,28-30,39H,9,13,16-19,34H2,1-8H3,(H,35,40)/t21?,22-,24?,25+,26-,28+,29+,30-/m1/s1. The number of hydrogen-bond donors (Lipinski definition) is 3. The smallest absolute Gasteiger partial charge is 0.328 e. The summed E-state index contributed by atoms with van der Waals surface area (Å²) in [6.07, 6.45) is 0.468. The van der Waals surface area contributed by atoms with E-state index in [4.69, 9.17) is 15.2 Å². The van der Waals surface area contributed by atoms with E-state index in [1.165, 1.54) is 14.2 Å². The number of nitrogens with zero attached hydrogens (tertiary/aromatic N) is 2. The van der Waals surface area contributed by atoms with Crippen molar-refractivity contribution in [2.24, 2.45) is 23.5 Å². The minimum absolute atomic E-state index is 0.00529. The molecule has 0 aromatic heterocycles. The molecule has 4 N–H and O–H groups in total. The Labute approximate surface area is 262 Å². The molecule has 248 valence electrons. The van der Waals surface area contributed by atoms with Crippen LogP contribution >= 0.6 is 0 Å². The highest BCUT2D eigenvalue weighted by molar-refractivity contribution is 5.86. The zero-order valence-electron chi connectivity index (χ0n) is 27.7. The van der Waals surface area contributed by atoms with Crippen LogP contribution in [0.2, 0.25) is 0 Å². The lowest BCUT2D eigenvalue weighted by Gasteiger charge is -2.40. The van der Waals surface area contributed by atoms with E-state index in [0.717, 1.165) is 12.0 Å². The van der Waals surface area contributed by atoms with Crippen molar-refractivity contribution in [1.82, 2.24) is 15.1 Å². The van der Waals surface area contributed by atoms with E-state index in [1.54, 1.807) is 23.8 Å². The van der Waals surface area contributed by atoms with Crippen LogP contribution in [0.25, 0.3) is 0 Å². The SMILES string of the molecule is CCC(C)[C@@H]([C@@H](CC(=O)N1CCC[C@H]1[C@H](O)[C@@H](C)C(=O)NC(Cc1ccccc1)C(=O)OC)OC)N(C)C(=O)[C@@H](N)C(C)C. The summed E-state index contributed by atoms with van der Waals surface area (Å²) in [5, 5.41) is 14.1. The predicted molar refractivity (Wildman–Crippen MR) is 168 cm³/mol. The second-order valence-electron chi connectivity index (χ2n) is 12.4. The molecule has 1 heterocycles. The molecule has 1 aromatic rings. The number of nitrogens with two attached hydrogens (primary N) is 1. The second-order valence-corrected chi connectivity index (χ2v) is 12.4. The van der Waals surface area contributed by atoms with Crippen LogP contribution in [0.4, 0.5) is 0 Å². The first-order chi connectivity index (χ1) is 20.8. The third kappa shape index (κ3) is 9.49. The maximum atomic E-state index is 13.7. The second kappa shape index (κ2) is 17.5. The van der Waals surface area contributed by atoms with Crippen molar-refractivity contribution < 1.29 is 33.8 Å². The van der Waals surface area contributed by atoms with Gasteiger partial charge in [-0.05, 0) is 30.2 Å². The zero-order chi connectivity index (χ0) is 33.1. The molecule has 0 aliphatic carbocycles. The number of amides is 3. The Kier molecular flexibility index (Phi) is 14.8. The Morgan fingerprint density at radius 1 is 1.11 bits per heavy atom. The van der Waals surface area contributed by atoms with E-state index < -0.39 is 48.1 Å². The molecular weight excluding hydrogens is 564 g/mol. The molecular formula is C33H54N4O7. The third-order valence-electron chi connectivity index (χ3n) is 9.11. The molecule has 11 nitrogen and oxygen atoms in total. The number of likely N-dealkylation sites (N-methyl/N-ethyl adjacent to an activating group) is 1. The van der Waals surface area contributed by atoms with Gasteiger partial charge in [-0.15, -0.1) is 0 Å². The molecule has 1 aliphatic heterocycles. The van der Waals surface area contributed by atoms with Crippen molar-refractivity contribution in [3.63, 3.8) is 0 Å². The predicted octanol–water partition coefficient (Wildman–Crippen LogP) is 2.14. The number of benzene rings is 1. The van der Waals surface area contributed by atoms with E-state index >= 15 is 0 Å². The van der Waals surface area contributed by atoms with Gasteiger partial charge in [0.05, 0.1) is 49.8 Å². The highest BCUT2D eigenvalue weighted by Crippen LogP contribution is 2.28. The Morgan fingerprint density at radius 2 is 1.75 bits per heavy atom. The van der Waals surface area contributed by atoms with Gasteiger partial charge in [-0.1, -0.05) is 71.4 Å². The van der Waals surface area contributed by atoms with Gasteiger partial charge in [0.25, 0.3) is 0 Å². The number of likely N-dealkylation sites (tertiary alicyclic amines) is 1. The first-order valence-corrected chi connectivity index (χ1v) is 15.7. The van der Waals surface area contributed by atoms with Crippen molar-refractivity contribution in [3.8, 4) is 0 Å². The van der Waals surface area contributed by atoms with Crippen LogP contribution in [0.15, 0.2) is 30.3 Å². The largest absolute Gasteiger partial charge is 0.467 e. The molecule has 1 aliphatic rings. The van der Waals surface area contributed by atoms with Gasteiger partial charge in [0.15, 0.2) is 0 Å². The van der Waals surface area contributed by atoms with Crippen molar-refractivity contribution in [1.29, 1.82) is 0 Å². The average molecular weight is 619 g/mol. The van der Waals surface area contributed by atoms with Crippen LogP contribution in [0, 0.1) is 17.8 Å². The number of aliphatic hydroxyl groups is 1. The lowest BCUT2D eigenvalue weighted by molar-refractivity contribution is -0.147. The minimum atomic E-state index is -1.16. The molecule has 3 amide bonds. The Hall–Kier alpha value is -3.02. The molecule has 1 aromatic carbocycles. The number of carbonyl (C=O) groups excluding carboxylic acids is 4. The number of carbonyl (C=O) groups is 4. The first kappa shape index (κ1) is 37.2. The van der Waals surface area contributed by atoms with E-state index in [2.05, 4.69) is 5.32 Å². The van der Waals surface area contributed by atoms with Crippen molar-refractivity contribution in [2.45, 2.75) is 103 Å². The summed E-state index contributed by atoms with van der Waals surface area (Å²) in [7, 11) is 4.50. The van der Waals surface area contributed by atoms with E-state index in [1.807, 2.05) is 58.0 Å². The molecule has 2 unspecified atom stereocenters. The lowest BCUT2D eigenvalue weighted by atomic mass is 9.89. The fourth-order valence-corrected chi connectivity index (χ4v) is 5.97. The minimum Gasteiger partial charge on any atom is -0.467 e. The number of nitrogens with one attached hydrogen (secondary N) is 1. The van der Waals surface area contributed by atoms with Crippen LogP contribution in [0.5, 0.6) is 0 Å². The molecule has 1 fully saturated rings. The van der Waals surface area contributed by atoms with Gasteiger partial charge in [-0.2, -0.15) is 0 Å². The molecule has 2 rings (SSSR count). The van der Waals surface area contributed by atoms with Crippen LogP contribution < -0.4 is 11.1 Å². The summed E-state index contributed by atoms with van der Waals surface area (Å²) in [6.45, 7) is 9.86. The molecule has 1 saturated heterocycles. The summed E-state index contributed by atoms with van der Waals surface area (Å²) in [6, 6.07) is 6.71. The summed E-state index contributed by atoms with van der Waals surface area (Å²) >= 11 is 0. The van der Waals surface area contributed by atoms with Crippen LogP contribution in [-0.4, -0.2) is 103 Å². The number of methoxy groups -OCH3 is 2. The number of rotatable bonds is 16. The number of hydrogen-bond acceptors (Lipinski definition) is 8. The molecule has 8 atom stereocenters. The van der Waals surface area contributed by atoms with Crippen LogP contribution in [-0.2, 0) is 35.1 Å². The highest BCUT2D eigenvalue weighted by Gasteiger charge is 2.42. The van der Waals surface area contributed by atoms with Crippen LogP contribution in [0.3, 0.4) is 0 Å². The van der Waals surface area contributed by atoms with Gasteiger partial charge in [-0.3, -0.25) is 14.4 Å². The van der Waals surface area contributed by atoms with Gasteiger partial charge in [0, 0.05) is 27.1 Å². The van der Waals surface area contributed by atoms with Gasteiger partial charge in [0.2, 0.25) is 17.7 Å². The average Bonchev–Trinajstić information content (AvgIpc) is 3.52. The molecule has 0 spiro atoms. The van der Waals surface area contributed by atoms with Gasteiger partial charge in [0.1, 0.15) is 6.04 Å². The lowest BCUT2D eigenvalue weighted by Crippen LogP contribution is -2.56. The monoisotopic (exact) mass is 618 g/mol.